The molecular formula is C14H17N3O. The summed E-state index contributed by atoms with van der Waals surface area (Å²) in [5, 5.41) is 4.54. The number of methoxy groups -OCH3 is 1. The highest BCUT2D eigenvalue weighted by molar-refractivity contribution is 5.95. The highest BCUT2D eigenvalue weighted by Crippen LogP contribution is 2.30. The van der Waals surface area contributed by atoms with Crippen LogP contribution in [0.5, 0.6) is 5.75 Å². The average molecular weight is 243 g/mol. The Labute approximate surface area is 107 Å². The van der Waals surface area contributed by atoms with E-state index in [0.29, 0.717) is 0 Å². The van der Waals surface area contributed by atoms with Gasteiger partial charge in [0.2, 0.25) is 0 Å². The summed E-state index contributed by atoms with van der Waals surface area (Å²) in [6, 6.07) is 8.18. The monoisotopic (exact) mass is 243 g/mol. The molecule has 0 amide bonds. The van der Waals surface area contributed by atoms with Crippen molar-refractivity contribution in [1.29, 1.82) is 0 Å². The molecule has 3 rings (SSSR count). The van der Waals surface area contributed by atoms with E-state index in [-0.39, 0.29) is 0 Å². The molecule has 0 atom stereocenters. The van der Waals surface area contributed by atoms with E-state index in [1.807, 2.05) is 18.3 Å². The van der Waals surface area contributed by atoms with E-state index in [9.17, 15) is 0 Å². The second-order valence-corrected chi connectivity index (χ2v) is 4.42. The molecule has 2 aromatic rings. The van der Waals surface area contributed by atoms with Gasteiger partial charge in [-0.15, -0.1) is 0 Å². The fourth-order valence-electron chi connectivity index (χ4n) is 2.48. The molecule has 1 aliphatic rings. The summed E-state index contributed by atoms with van der Waals surface area (Å²) in [6.07, 6.45) is 1.86. The summed E-state index contributed by atoms with van der Waals surface area (Å²) in [6.45, 7) is 4.15. The molecule has 4 heteroatoms. The van der Waals surface area contributed by atoms with Crippen molar-refractivity contribution in [2.45, 2.75) is 0 Å². The summed E-state index contributed by atoms with van der Waals surface area (Å²) in [5.74, 6) is 0.837. The van der Waals surface area contributed by atoms with Crippen LogP contribution in [0.25, 0.3) is 10.9 Å². The average Bonchev–Trinajstić information content (AvgIpc) is 2.47. The lowest BCUT2D eigenvalue weighted by molar-refractivity contribution is 0.419. The zero-order chi connectivity index (χ0) is 12.4. The van der Waals surface area contributed by atoms with Gasteiger partial charge in [-0.25, -0.2) is 0 Å². The van der Waals surface area contributed by atoms with Crippen LogP contribution in [0.4, 0.5) is 5.69 Å². The molecule has 0 saturated carbocycles. The minimum atomic E-state index is 0.837. The maximum Gasteiger partial charge on any atom is 0.145 e. The van der Waals surface area contributed by atoms with Crippen LogP contribution in [0.15, 0.2) is 30.5 Å². The third-order valence-corrected chi connectivity index (χ3v) is 3.39. The van der Waals surface area contributed by atoms with Gasteiger partial charge in [0.15, 0.2) is 0 Å². The second-order valence-electron chi connectivity index (χ2n) is 4.42. The van der Waals surface area contributed by atoms with Crippen LogP contribution in [-0.2, 0) is 0 Å². The van der Waals surface area contributed by atoms with E-state index in [4.69, 9.17) is 4.74 Å². The summed E-state index contributed by atoms with van der Waals surface area (Å²) in [7, 11) is 1.69. The van der Waals surface area contributed by atoms with Crippen molar-refractivity contribution in [2.24, 2.45) is 0 Å². The number of pyridine rings is 1. The van der Waals surface area contributed by atoms with Gasteiger partial charge in [-0.05, 0) is 12.1 Å². The number of rotatable bonds is 2. The number of para-hydroxylation sites is 1. The van der Waals surface area contributed by atoms with Crippen LogP contribution < -0.4 is 15.0 Å². The number of ether oxygens (including phenoxy) is 1. The Morgan fingerprint density at radius 2 is 2.06 bits per heavy atom. The minimum absolute atomic E-state index is 0.837. The number of hydrogen-bond donors (Lipinski definition) is 1. The normalized spacial score (nSPS) is 15.9. The Morgan fingerprint density at radius 3 is 2.83 bits per heavy atom. The fourth-order valence-corrected chi connectivity index (χ4v) is 2.48. The first-order chi connectivity index (χ1) is 8.90. The van der Waals surface area contributed by atoms with Crippen LogP contribution in [0, 0.1) is 0 Å². The van der Waals surface area contributed by atoms with Gasteiger partial charge in [-0.3, -0.25) is 4.98 Å². The van der Waals surface area contributed by atoms with Crippen molar-refractivity contribution in [3.63, 3.8) is 0 Å². The number of anilines is 1. The van der Waals surface area contributed by atoms with Crippen LogP contribution >= 0.6 is 0 Å². The maximum absolute atomic E-state index is 5.38. The van der Waals surface area contributed by atoms with E-state index in [1.165, 1.54) is 11.1 Å². The zero-order valence-corrected chi connectivity index (χ0v) is 10.5. The second kappa shape index (κ2) is 4.82. The van der Waals surface area contributed by atoms with Gasteiger partial charge >= 0.3 is 0 Å². The molecule has 1 aromatic heterocycles. The molecule has 0 radical (unpaired) electrons. The van der Waals surface area contributed by atoms with Gasteiger partial charge in [0, 0.05) is 43.4 Å². The number of piperazine rings is 1. The number of aromatic nitrogens is 1. The minimum Gasteiger partial charge on any atom is -0.494 e. The zero-order valence-electron chi connectivity index (χ0n) is 10.5. The third kappa shape index (κ3) is 1.88. The number of nitrogens with zero attached hydrogens (tertiary/aromatic N) is 2. The van der Waals surface area contributed by atoms with Crippen molar-refractivity contribution >= 4 is 16.6 Å². The quantitative estimate of drug-likeness (QED) is 0.870. The van der Waals surface area contributed by atoms with E-state index >= 15 is 0 Å². The molecule has 1 N–H and O–H groups in total. The van der Waals surface area contributed by atoms with Gasteiger partial charge < -0.3 is 15.0 Å². The molecule has 1 aromatic carbocycles. The Hall–Kier alpha value is -1.81. The first kappa shape index (κ1) is 11.3. The lowest BCUT2D eigenvalue weighted by atomic mass is 10.1. The molecular weight excluding hydrogens is 226 g/mol. The predicted octanol–water partition coefficient (Wildman–Crippen LogP) is 1.65. The standard InChI is InChI=1S/C14H17N3O/c1-18-13-4-2-3-11-12(5-6-16-14(11)13)17-9-7-15-8-10-17/h2-6,15H,7-10H2,1H3. The van der Waals surface area contributed by atoms with Crippen LogP contribution in [0.2, 0.25) is 0 Å². The highest BCUT2D eigenvalue weighted by Gasteiger charge is 2.14. The molecule has 1 saturated heterocycles. The van der Waals surface area contributed by atoms with Gasteiger partial charge in [-0.1, -0.05) is 12.1 Å². The Balaban J connectivity index is 2.11. The first-order valence-electron chi connectivity index (χ1n) is 6.27. The van der Waals surface area contributed by atoms with Crippen LogP contribution in [-0.4, -0.2) is 38.3 Å². The molecule has 4 nitrogen and oxygen atoms in total. The van der Waals surface area contributed by atoms with Gasteiger partial charge in [0.05, 0.1) is 7.11 Å². The van der Waals surface area contributed by atoms with Crippen molar-refractivity contribution in [2.75, 3.05) is 38.2 Å². The molecule has 1 fully saturated rings. The smallest absolute Gasteiger partial charge is 0.145 e. The van der Waals surface area contributed by atoms with Gasteiger partial charge in [0.1, 0.15) is 11.3 Å². The Kier molecular flexibility index (Phi) is 3.02. The molecule has 2 heterocycles. The van der Waals surface area contributed by atoms with Crippen molar-refractivity contribution in [1.82, 2.24) is 10.3 Å². The van der Waals surface area contributed by atoms with Crippen LogP contribution in [0.1, 0.15) is 0 Å². The van der Waals surface area contributed by atoms with Crippen molar-refractivity contribution in [3.05, 3.63) is 30.5 Å². The molecule has 0 aliphatic carbocycles. The summed E-state index contributed by atoms with van der Waals surface area (Å²) < 4.78 is 5.38. The fraction of sp³-hybridized carbons (Fsp3) is 0.357. The topological polar surface area (TPSA) is 37.4 Å². The molecule has 0 bridgehead atoms. The van der Waals surface area contributed by atoms with E-state index in [2.05, 4.69) is 27.3 Å². The Bertz CT molecular complexity index is 550. The predicted molar refractivity (Wildman–Crippen MR) is 73.4 cm³/mol. The third-order valence-electron chi connectivity index (χ3n) is 3.39. The van der Waals surface area contributed by atoms with Crippen LogP contribution in [0.3, 0.4) is 0 Å². The molecule has 18 heavy (non-hydrogen) atoms. The Morgan fingerprint density at radius 1 is 1.22 bits per heavy atom. The van der Waals surface area contributed by atoms with E-state index in [0.717, 1.165) is 37.4 Å². The highest BCUT2D eigenvalue weighted by atomic mass is 16.5. The van der Waals surface area contributed by atoms with Gasteiger partial charge in [-0.2, -0.15) is 0 Å². The summed E-state index contributed by atoms with van der Waals surface area (Å²) >= 11 is 0. The summed E-state index contributed by atoms with van der Waals surface area (Å²) in [4.78, 5) is 6.84. The van der Waals surface area contributed by atoms with Gasteiger partial charge in [0.25, 0.3) is 0 Å². The maximum atomic E-state index is 5.38. The number of benzene rings is 1. The first-order valence-corrected chi connectivity index (χ1v) is 6.27. The van der Waals surface area contributed by atoms with Crippen molar-refractivity contribution < 1.29 is 4.74 Å². The van der Waals surface area contributed by atoms with E-state index in [1.54, 1.807) is 7.11 Å². The van der Waals surface area contributed by atoms with Crippen molar-refractivity contribution in [3.8, 4) is 5.75 Å². The SMILES string of the molecule is COc1cccc2c(N3CCNCC3)ccnc12. The lowest BCUT2D eigenvalue weighted by Gasteiger charge is -2.30. The molecule has 1 aliphatic heterocycles. The lowest BCUT2D eigenvalue weighted by Crippen LogP contribution is -2.43. The van der Waals surface area contributed by atoms with E-state index < -0.39 is 0 Å². The molecule has 0 spiro atoms. The summed E-state index contributed by atoms with van der Waals surface area (Å²) in [5.41, 5.74) is 2.19. The largest absolute Gasteiger partial charge is 0.494 e. The number of nitrogens with one attached hydrogen (secondary N) is 1. The number of hydrogen-bond acceptors (Lipinski definition) is 4. The molecule has 0 unspecified atom stereocenters. The molecule has 94 valence electrons. The number of fused-ring (bicyclic) bond motifs is 1.